The van der Waals surface area contributed by atoms with Crippen molar-refractivity contribution < 1.29 is 24.1 Å². The molecule has 1 aliphatic rings. The molecule has 166 valence electrons. The van der Waals surface area contributed by atoms with E-state index >= 15 is 0 Å². The van der Waals surface area contributed by atoms with Crippen molar-refractivity contribution in [2.24, 2.45) is 5.10 Å². The number of nitrogens with zero attached hydrogens (tertiary/aromatic N) is 5. The minimum atomic E-state index is -0.872. The summed E-state index contributed by atoms with van der Waals surface area (Å²) in [6.07, 6.45) is 0.219. The Morgan fingerprint density at radius 2 is 1.76 bits per heavy atom. The van der Waals surface area contributed by atoms with Crippen LogP contribution < -0.4 is 4.74 Å². The molecular weight excluding hydrogens is 434 g/mol. The molecule has 0 spiro atoms. The Balaban J connectivity index is 1.52. The molecule has 1 aliphatic heterocycles. The number of pyridine rings is 1. The van der Waals surface area contributed by atoms with Crippen molar-refractivity contribution in [3.63, 3.8) is 0 Å². The van der Waals surface area contributed by atoms with Gasteiger partial charge in [-0.1, -0.05) is 6.07 Å². The Morgan fingerprint density at radius 3 is 2.36 bits per heavy atom. The van der Waals surface area contributed by atoms with Crippen LogP contribution in [0.5, 0.6) is 11.6 Å². The van der Waals surface area contributed by atoms with Crippen LogP contribution >= 0.6 is 0 Å². The molecule has 0 N–H and O–H groups in total. The van der Waals surface area contributed by atoms with Crippen molar-refractivity contribution in [2.75, 3.05) is 0 Å². The maximum absolute atomic E-state index is 12.1. The number of aromatic nitrogens is 1. The molecule has 1 aromatic heterocycles. The quantitative estimate of drug-likeness (QED) is 0.406. The molecule has 0 fully saturated rings. The van der Waals surface area contributed by atoms with Gasteiger partial charge in [0.15, 0.2) is 0 Å². The van der Waals surface area contributed by atoms with Gasteiger partial charge in [0.1, 0.15) is 11.9 Å². The third-order valence-corrected chi connectivity index (χ3v) is 4.59. The van der Waals surface area contributed by atoms with Gasteiger partial charge in [0, 0.05) is 42.3 Å². The predicted molar refractivity (Wildman–Crippen MR) is 113 cm³/mol. The number of hydrogen-bond acceptors (Lipinski definition) is 9. The second-order valence-electron chi connectivity index (χ2n) is 6.83. The number of rotatable bonds is 6. The van der Waals surface area contributed by atoms with E-state index in [2.05, 4.69) is 10.1 Å². The average Bonchev–Trinajstić information content (AvgIpc) is 3.26. The van der Waals surface area contributed by atoms with Gasteiger partial charge < -0.3 is 9.47 Å². The monoisotopic (exact) mass is 449 g/mol. The first-order valence-electron chi connectivity index (χ1n) is 9.50. The molecule has 1 amide bonds. The van der Waals surface area contributed by atoms with Crippen molar-refractivity contribution in [1.29, 1.82) is 0 Å². The highest BCUT2D eigenvalue weighted by molar-refractivity contribution is 5.96. The molecule has 2 aromatic carbocycles. The van der Waals surface area contributed by atoms with Crippen LogP contribution in [0.3, 0.4) is 0 Å². The summed E-state index contributed by atoms with van der Waals surface area (Å²) in [5.74, 6) is 0.282. The summed E-state index contributed by atoms with van der Waals surface area (Å²) in [7, 11) is 0. The summed E-state index contributed by atoms with van der Waals surface area (Å²) in [6, 6.07) is 15.0. The third-order valence-electron chi connectivity index (χ3n) is 4.59. The van der Waals surface area contributed by atoms with E-state index in [0.717, 1.165) is 11.2 Å². The van der Waals surface area contributed by atoms with Crippen LogP contribution in [0.15, 0.2) is 72.0 Å². The van der Waals surface area contributed by atoms with Gasteiger partial charge in [-0.15, -0.1) is 5.10 Å². The van der Waals surface area contributed by atoms with Crippen molar-refractivity contribution in [3.8, 4) is 11.6 Å². The first-order valence-corrected chi connectivity index (χ1v) is 9.50. The zero-order chi connectivity index (χ0) is 23.5. The van der Waals surface area contributed by atoms with E-state index in [-0.39, 0.29) is 29.1 Å². The second-order valence-corrected chi connectivity index (χ2v) is 6.83. The zero-order valence-electron chi connectivity index (χ0n) is 17.0. The minimum Gasteiger partial charge on any atom is -0.446 e. The van der Waals surface area contributed by atoms with Crippen LogP contribution in [0.4, 0.5) is 11.4 Å². The molecule has 0 saturated carbocycles. The van der Waals surface area contributed by atoms with Gasteiger partial charge in [0.25, 0.3) is 11.4 Å². The topological polar surface area (TPSA) is 150 Å². The number of carbonyl (C=O) groups excluding carboxylic acids is 1. The van der Waals surface area contributed by atoms with Gasteiger partial charge in [-0.3, -0.25) is 25.0 Å². The van der Waals surface area contributed by atoms with Crippen LogP contribution in [0.25, 0.3) is 0 Å². The highest BCUT2D eigenvalue weighted by Gasteiger charge is 2.33. The molecule has 4 rings (SSSR count). The van der Waals surface area contributed by atoms with E-state index in [1.165, 1.54) is 37.3 Å². The molecule has 0 unspecified atom stereocenters. The highest BCUT2D eigenvalue weighted by atomic mass is 16.6. The van der Waals surface area contributed by atoms with E-state index < -0.39 is 16.1 Å². The molecule has 0 radical (unpaired) electrons. The van der Waals surface area contributed by atoms with Gasteiger partial charge >= 0.3 is 0 Å². The number of hydrogen-bond donors (Lipinski definition) is 0. The number of benzene rings is 2. The molecule has 0 aliphatic carbocycles. The number of ether oxygens (including phenoxy) is 2. The van der Waals surface area contributed by atoms with Gasteiger partial charge in [0.2, 0.25) is 23.9 Å². The Bertz CT molecular complexity index is 1260. The molecule has 12 nitrogen and oxygen atoms in total. The van der Waals surface area contributed by atoms with Crippen molar-refractivity contribution in [1.82, 2.24) is 9.99 Å². The van der Waals surface area contributed by atoms with E-state index in [9.17, 15) is 25.0 Å². The lowest BCUT2D eigenvalue weighted by molar-refractivity contribution is -0.385. The summed E-state index contributed by atoms with van der Waals surface area (Å²) in [5, 5.41) is 27.1. The summed E-state index contributed by atoms with van der Waals surface area (Å²) in [5.41, 5.74) is 0.665. The van der Waals surface area contributed by atoms with E-state index in [4.69, 9.17) is 9.47 Å². The van der Waals surface area contributed by atoms with Crippen LogP contribution in [0.2, 0.25) is 0 Å². The van der Waals surface area contributed by atoms with Crippen molar-refractivity contribution in [3.05, 3.63) is 98.2 Å². The lowest BCUT2D eigenvalue weighted by Gasteiger charge is -2.19. The van der Waals surface area contributed by atoms with Crippen LogP contribution in [0.1, 0.15) is 24.3 Å². The summed E-state index contributed by atoms with van der Waals surface area (Å²) >= 11 is 0. The van der Waals surface area contributed by atoms with E-state index in [1.54, 1.807) is 30.3 Å². The Hall–Kier alpha value is -4.87. The van der Waals surface area contributed by atoms with E-state index in [0.29, 0.717) is 16.9 Å². The number of hydrazone groups is 1. The molecule has 3 aromatic rings. The first kappa shape index (κ1) is 21.4. The van der Waals surface area contributed by atoms with Gasteiger partial charge in [-0.05, 0) is 30.3 Å². The number of nitro benzene ring substituents is 1. The molecular formula is C21H15N5O7. The highest BCUT2D eigenvalue weighted by Crippen LogP contribution is 2.32. The minimum absolute atomic E-state index is 0.0781. The van der Waals surface area contributed by atoms with Crippen LogP contribution in [-0.4, -0.2) is 31.6 Å². The third kappa shape index (κ3) is 4.58. The fraction of sp³-hybridized carbons (Fsp3) is 0.0952. The molecule has 0 bridgehead atoms. The number of nitro groups is 2. The average molecular weight is 449 g/mol. The van der Waals surface area contributed by atoms with Crippen LogP contribution in [-0.2, 0) is 9.53 Å². The molecule has 0 saturated heterocycles. The predicted octanol–water partition coefficient (Wildman–Crippen LogP) is 3.93. The largest absolute Gasteiger partial charge is 0.446 e. The lowest BCUT2D eigenvalue weighted by atomic mass is 10.1. The number of carbonyl (C=O) groups is 1. The van der Waals surface area contributed by atoms with Gasteiger partial charge in [0.05, 0.1) is 9.85 Å². The fourth-order valence-corrected chi connectivity index (χ4v) is 3.01. The van der Waals surface area contributed by atoms with Gasteiger partial charge in [-0.25, -0.2) is 4.98 Å². The summed E-state index contributed by atoms with van der Waals surface area (Å²) in [4.78, 5) is 36.7. The Labute approximate surface area is 186 Å². The standard InChI is InChI=1S/C21H15N5O7/c1-13(27)24-21(33-20(23-24)15-3-2-4-16(11-15)25(28)29)14-5-8-18(9-6-14)32-19-10-7-17(12-22-19)26(30)31/h2-12,21H,1H3/t21-/m0/s1. The summed E-state index contributed by atoms with van der Waals surface area (Å²) < 4.78 is 11.4. The smallest absolute Gasteiger partial charge is 0.287 e. The molecule has 1 atom stereocenters. The molecule has 12 heteroatoms. The Morgan fingerprint density at radius 1 is 1.03 bits per heavy atom. The maximum atomic E-state index is 12.1. The number of non-ortho nitro benzene ring substituents is 1. The van der Waals surface area contributed by atoms with Crippen molar-refractivity contribution >= 4 is 23.2 Å². The summed E-state index contributed by atoms with van der Waals surface area (Å²) in [6.45, 7) is 1.33. The lowest BCUT2D eigenvalue weighted by Crippen LogP contribution is -2.25. The van der Waals surface area contributed by atoms with Crippen molar-refractivity contribution in [2.45, 2.75) is 13.2 Å². The van der Waals surface area contributed by atoms with Crippen LogP contribution in [0, 0.1) is 20.2 Å². The molecule has 33 heavy (non-hydrogen) atoms. The maximum Gasteiger partial charge on any atom is 0.287 e. The second kappa shape index (κ2) is 8.70. The Kier molecular flexibility index (Phi) is 5.64. The SMILES string of the molecule is CC(=O)N1N=C(c2cccc([N+](=O)[O-])c2)O[C@H]1c1ccc(Oc2ccc([N+](=O)[O-])cn2)cc1. The normalized spacial score (nSPS) is 14.9. The first-order chi connectivity index (χ1) is 15.8. The van der Waals surface area contributed by atoms with Gasteiger partial charge in [-0.2, -0.15) is 5.01 Å². The zero-order valence-corrected chi connectivity index (χ0v) is 17.0. The number of amides is 1. The van der Waals surface area contributed by atoms with E-state index in [1.807, 2.05) is 0 Å². The fourth-order valence-electron chi connectivity index (χ4n) is 3.01. The molecule has 2 heterocycles.